The van der Waals surface area contributed by atoms with Crippen LogP contribution in [0.2, 0.25) is 0 Å². The lowest BCUT2D eigenvalue weighted by atomic mass is 9.99. The molecule has 0 saturated carbocycles. The molecule has 4 rings (SSSR count). The number of anilines is 1. The van der Waals surface area contributed by atoms with Gasteiger partial charge in [0.15, 0.2) is 0 Å². The van der Waals surface area contributed by atoms with E-state index in [0.29, 0.717) is 24.4 Å². The van der Waals surface area contributed by atoms with E-state index >= 15 is 0 Å². The molecule has 3 aromatic rings. The minimum atomic E-state index is -0.272. The second-order valence-electron chi connectivity index (χ2n) is 6.89. The molecule has 2 heterocycles. The number of amides is 2. The van der Waals surface area contributed by atoms with E-state index in [2.05, 4.69) is 15.5 Å². The van der Waals surface area contributed by atoms with E-state index in [9.17, 15) is 9.59 Å². The van der Waals surface area contributed by atoms with Crippen LogP contribution in [0, 0.1) is 0 Å². The highest BCUT2D eigenvalue weighted by molar-refractivity contribution is 5.96. The molecule has 1 aliphatic rings. The molecular weight excluding hydrogens is 370 g/mol. The highest BCUT2D eigenvalue weighted by Crippen LogP contribution is 2.29. The molecule has 2 amide bonds. The summed E-state index contributed by atoms with van der Waals surface area (Å²) in [6.07, 6.45) is 3.56. The standard InChI is InChI=1S/C21H21N5O3/c1-29-19-8-7-17(26-13-22-23-14-26)10-18(19)24-20(27)12-25-11-16(9-21(25)28)15-5-3-2-4-6-15/h2-8,10,13-14,16H,9,11-12H2,1H3,(H,24,27). The molecule has 0 aliphatic carbocycles. The fourth-order valence-corrected chi connectivity index (χ4v) is 3.52. The third-order valence-corrected chi connectivity index (χ3v) is 4.99. The third kappa shape index (κ3) is 4.11. The number of nitrogens with zero attached hydrogens (tertiary/aromatic N) is 4. The van der Waals surface area contributed by atoms with Crippen LogP contribution < -0.4 is 10.1 Å². The fourth-order valence-electron chi connectivity index (χ4n) is 3.52. The van der Waals surface area contributed by atoms with Crippen LogP contribution in [0.3, 0.4) is 0 Å². The van der Waals surface area contributed by atoms with Gasteiger partial charge in [-0.15, -0.1) is 10.2 Å². The SMILES string of the molecule is COc1ccc(-n2cnnc2)cc1NC(=O)CN1CC(c2ccccc2)CC1=O. The van der Waals surface area contributed by atoms with Crippen molar-refractivity contribution in [3.8, 4) is 11.4 Å². The van der Waals surface area contributed by atoms with Crippen molar-refractivity contribution < 1.29 is 14.3 Å². The van der Waals surface area contributed by atoms with Crippen LogP contribution in [0.25, 0.3) is 5.69 Å². The van der Waals surface area contributed by atoms with E-state index in [1.807, 2.05) is 36.4 Å². The normalized spacial score (nSPS) is 16.1. The Morgan fingerprint density at radius 1 is 1.17 bits per heavy atom. The zero-order valence-corrected chi connectivity index (χ0v) is 16.0. The average molecular weight is 391 g/mol. The summed E-state index contributed by atoms with van der Waals surface area (Å²) in [5.74, 6) is 0.360. The van der Waals surface area contributed by atoms with Gasteiger partial charge in [0.05, 0.1) is 25.0 Å². The van der Waals surface area contributed by atoms with E-state index in [0.717, 1.165) is 11.3 Å². The number of hydrogen-bond donors (Lipinski definition) is 1. The molecule has 1 aromatic heterocycles. The lowest BCUT2D eigenvalue weighted by Gasteiger charge is -2.18. The molecule has 2 aromatic carbocycles. The molecule has 0 bridgehead atoms. The minimum Gasteiger partial charge on any atom is -0.495 e. The Hall–Kier alpha value is -3.68. The topological polar surface area (TPSA) is 89.3 Å². The summed E-state index contributed by atoms with van der Waals surface area (Å²) in [4.78, 5) is 26.6. The summed E-state index contributed by atoms with van der Waals surface area (Å²) in [6.45, 7) is 0.538. The summed E-state index contributed by atoms with van der Waals surface area (Å²) in [6, 6.07) is 15.3. The maximum absolute atomic E-state index is 12.6. The van der Waals surface area contributed by atoms with Crippen molar-refractivity contribution in [3.05, 3.63) is 66.7 Å². The first-order valence-corrected chi connectivity index (χ1v) is 9.29. The van der Waals surface area contributed by atoms with E-state index in [1.54, 1.807) is 34.3 Å². The summed E-state index contributed by atoms with van der Waals surface area (Å²) in [5, 5.41) is 10.4. The molecule has 1 fully saturated rings. The Morgan fingerprint density at radius 2 is 1.93 bits per heavy atom. The molecule has 1 saturated heterocycles. The van der Waals surface area contributed by atoms with Crippen molar-refractivity contribution in [2.45, 2.75) is 12.3 Å². The first-order valence-electron chi connectivity index (χ1n) is 9.29. The number of methoxy groups -OCH3 is 1. The second kappa shape index (κ2) is 8.14. The molecule has 148 valence electrons. The van der Waals surface area contributed by atoms with Crippen LogP contribution in [0.1, 0.15) is 17.9 Å². The molecular formula is C21H21N5O3. The van der Waals surface area contributed by atoms with Crippen molar-refractivity contribution in [1.29, 1.82) is 0 Å². The summed E-state index contributed by atoms with van der Waals surface area (Å²) in [7, 11) is 1.54. The number of hydrogen-bond acceptors (Lipinski definition) is 5. The molecule has 1 unspecified atom stereocenters. The lowest BCUT2D eigenvalue weighted by molar-refractivity contribution is -0.131. The van der Waals surface area contributed by atoms with Crippen molar-refractivity contribution in [2.24, 2.45) is 0 Å². The summed E-state index contributed by atoms with van der Waals surface area (Å²) in [5.41, 5.74) is 2.43. The Balaban J connectivity index is 1.44. The van der Waals surface area contributed by atoms with Gasteiger partial charge in [0.25, 0.3) is 0 Å². The average Bonchev–Trinajstić information content (AvgIpc) is 3.39. The fraction of sp³-hybridized carbons (Fsp3) is 0.238. The maximum atomic E-state index is 12.6. The molecule has 0 spiro atoms. The highest BCUT2D eigenvalue weighted by atomic mass is 16.5. The largest absolute Gasteiger partial charge is 0.495 e. The Morgan fingerprint density at radius 3 is 2.66 bits per heavy atom. The van der Waals surface area contributed by atoms with Gasteiger partial charge in [-0.05, 0) is 23.8 Å². The van der Waals surface area contributed by atoms with E-state index < -0.39 is 0 Å². The van der Waals surface area contributed by atoms with Crippen molar-refractivity contribution >= 4 is 17.5 Å². The molecule has 8 nitrogen and oxygen atoms in total. The van der Waals surface area contributed by atoms with Gasteiger partial charge < -0.3 is 15.0 Å². The van der Waals surface area contributed by atoms with E-state index in [4.69, 9.17) is 4.74 Å². The minimum absolute atomic E-state index is 0.00216. The van der Waals surface area contributed by atoms with Gasteiger partial charge in [0.1, 0.15) is 18.4 Å². The predicted octanol–water partition coefficient (Wildman–Crippen LogP) is 2.23. The monoisotopic (exact) mass is 391 g/mol. The van der Waals surface area contributed by atoms with Crippen LogP contribution in [0.4, 0.5) is 5.69 Å². The summed E-state index contributed by atoms with van der Waals surface area (Å²) >= 11 is 0. The van der Waals surface area contributed by atoms with Gasteiger partial charge >= 0.3 is 0 Å². The van der Waals surface area contributed by atoms with Crippen LogP contribution in [-0.4, -0.2) is 51.7 Å². The van der Waals surface area contributed by atoms with Gasteiger partial charge in [0.2, 0.25) is 11.8 Å². The van der Waals surface area contributed by atoms with Gasteiger partial charge in [-0.1, -0.05) is 30.3 Å². The van der Waals surface area contributed by atoms with Gasteiger partial charge in [0, 0.05) is 18.9 Å². The summed E-state index contributed by atoms with van der Waals surface area (Å²) < 4.78 is 7.07. The molecule has 29 heavy (non-hydrogen) atoms. The molecule has 1 aliphatic heterocycles. The maximum Gasteiger partial charge on any atom is 0.244 e. The number of likely N-dealkylation sites (tertiary alicyclic amines) is 1. The van der Waals surface area contributed by atoms with Gasteiger partial charge in [-0.3, -0.25) is 14.2 Å². The zero-order chi connectivity index (χ0) is 20.2. The second-order valence-corrected chi connectivity index (χ2v) is 6.89. The van der Waals surface area contributed by atoms with E-state index in [1.165, 1.54) is 7.11 Å². The number of rotatable bonds is 6. The van der Waals surface area contributed by atoms with Crippen LogP contribution in [-0.2, 0) is 9.59 Å². The lowest BCUT2D eigenvalue weighted by Crippen LogP contribution is -2.34. The Kier molecular flexibility index (Phi) is 5.24. The van der Waals surface area contributed by atoms with Gasteiger partial charge in [-0.25, -0.2) is 0 Å². The number of ether oxygens (including phenoxy) is 1. The quantitative estimate of drug-likeness (QED) is 0.696. The number of carbonyl (C=O) groups is 2. The highest BCUT2D eigenvalue weighted by Gasteiger charge is 2.31. The molecule has 1 atom stereocenters. The van der Waals surface area contributed by atoms with Crippen molar-refractivity contribution in [2.75, 3.05) is 25.5 Å². The van der Waals surface area contributed by atoms with E-state index in [-0.39, 0.29) is 24.3 Å². The van der Waals surface area contributed by atoms with Crippen LogP contribution in [0.15, 0.2) is 61.2 Å². The first kappa shape index (κ1) is 18.7. The first-order chi connectivity index (χ1) is 14.1. The number of nitrogens with one attached hydrogen (secondary N) is 1. The number of benzene rings is 2. The zero-order valence-electron chi connectivity index (χ0n) is 16.0. The third-order valence-electron chi connectivity index (χ3n) is 4.99. The Labute approximate surface area is 168 Å². The van der Waals surface area contributed by atoms with Crippen LogP contribution >= 0.6 is 0 Å². The Bertz CT molecular complexity index is 1000. The molecule has 0 radical (unpaired) electrons. The predicted molar refractivity (Wildman–Crippen MR) is 107 cm³/mol. The van der Waals surface area contributed by atoms with Crippen molar-refractivity contribution in [1.82, 2.24) is 19.7 Å². The molecule has 1 N–H and O–H groups in total. The smallest absolute Gasteiger partial charge is 0.244 e. The number of aromatic nitrogens is 3. The van der Waals surface area contributed by atoms with Crippen molar-refractivity contribution in [3.63, 3.8) is 0 Å². The molecule has 8 heteroatoms. The van der Waals surface area contributed by atoms with Crippen LogP contribution in [0.5, 0.6) is 5.75 Å². The van der Waals surface area contributed by atoms with Gasteiger partial charge in [-0.2, -0.15) is 0 Å². The number of carbonyl (C=O) groups excluding carboxylic acids is 2.